The Morgan fingerprint density at radius 1 is 1.29 bits per heavy atom. The molecule has 14 heavy (non-hydrogen) atoms. The summed E-state index contributed by atoms with van der Waals surface area (Å²) >= 11 is 16.5. The van der Waals surface area contributed by atoms with Crippen LogP contribution in [0.5, 0.6) is 0 Å². The first-order chi connectivity index (χ1) is 6.07. The van der Waals surface area contributed by atoms with Crippen LogP contribution in [0.25, 0.3) is 0 Å². The van der Waals surface area contributed by atoms with Crippen LogP contribution in [-0.4, -0.2) is 14.4 Å². The third-order valence-electron chi connectivity index (χ3n) is 0.882. The smallest absolute Gasteiger partial charge is 0.312 e. The van der Waals surface area contributed by atoms with E-state index in [1.165, 1.54) is 0 Å². The molecule has 0 bridgehead atoms. The van der Waals surface area contributed by atoms with Gasteiger partial charge in [-0.3, -0.25) is 4.79 Å². The highest BCUT2D eigenvalue weighted by molar-refractivity contribution is 14.1. The molecule has 0 aromatic rings. The van der Waals surface area contributed by atoms with Gasteiger partial charge in [0.05, 0.1) is 5.41 Å². The molecule has 0 saturated heterocycles. The molecule has 0 aliphatic rings. The summed E-state index contributed by atoms with van der Waals surface area (Å²) in [4.78, 5) is 11.0. The summed E-state index contributed by atoms with van der Waals surface area (Å²) < 4.78 is 4.17. The van der Waals surface area contributed by atoms with Crippen molar-refractivity contribution in [2.24, 2.45) is 5.41 Å². The molecule has 0 amide bonds. The van der Waals surface area contributed by atoms with Gasteiger partial charge in [0.1, 0.15) is 4.11 Å². The lowest BCUT2D eigenvalue weighted by atomic mass is 9.97. The Morgan fingerprint density at radius 3 is 1.64 bits per heavy atom. The van der Waals surface area contributed by atoms with E-state index >= 15 is 0 Å². The first-order valence-corrected chi connectivity index (χ1v) is 6.40. The fourth-order valence-electron chi connectivity index (χ4n) is 0.324. The average Bonchev–Trinajstić information content (AvgIpc) is 1.81. The van der Waals surface area contributed by atoms with Gasteiger partial charge in [0, 0.05) is 0 Å². The van der Waals surface area contributed by atoms with E-state index in [0.717, 1.165) is 0 Å². The highest BCUT2D eigenvalue weighted by Gasteiger charge is 2.23. The van der Waals surface area contributed by atoms with Crippen LogP contribution < -0.4 is 0 Å². The number of hydrogen-bond acceptors (Lipinski definition) is 2. The number of ether oxygens (including phenoxy) is 1. The van der Waals surface area contributed by atoms with Crippen LogP contribution in [0.1, 0.15) is 27.7 Å². The highest BCUT2D eigenvalue weighted by Crippen LogP contribution is 2.17. The third kappa shape index (κ3) is 15.5. The van der Waals surface area contributed by atoms with Crippen LogP contribution in [0.3, 0.4) is 0 Å². The molecule has 0 radical (unpaired) electrons. The van der Waals surface area contributed by atoms with E-state index in [9.17, 15) is 4.79 Å². The van der Waals surface area contributed by atoms with Gasteiger partial charge in [-0.2, -0.15) is 0 Å². The second kappa shape index (κ2) is 8.25. The average molecular weight is 375 g/mol. The number of halogens is 4. The van der Waals surface area contributed by atoms with Gasteiger partial charge < -0.3 is 4.74 Å². The molecule has 2 nitrogen and oxygen atoms in total. The molecule has 0 aromatic carbocycles. The monoisotopic (exact) mass is 374 g/mol. The second-order valence-corrected chi connectivity index (χ2v) is 7.18. The van der Waals surface area contributed by atoms with Gasteiger partial charge >= 0.3 is 5.97 Å². The van der Waals surface area contributed by atoms with Gasteiger partial charge in [-0.15, -0.1) is 0 Å². The van der Waals surface area contributed by atoms with Crippen molar-refractivity contribution in [3.05, 3.63) is 0 Å². The molecule has 0 spiro atoms. The van der Waals surface area contributed by atoms with E-state index < -0.39 is 4.30 Å². The van der Waals surface area contributed by atoms with Gasteiger partial charge in [0.25, 0.3) is 0 Å². The van der Waals surface area contributed by atoms with Gasteiger partial charge in [-0.05, 0) is 50.3 Å². The molecule has 0 aliphatic carbocycles. The van der Waals surface area contributed by atoms with Gasteiger partial charge in [0.2, 0.25) is 0 Å². The minimum absolute atomic E-state index is 0.0377. The predicted molar refractivity (Wildman–Crippen MR) is 70.4 cm³/mol. The van der Waals surface area contributed by atoms with E-state index in [2.05, 4.69) is 22.6 Å². The summed E-state index contributed by atoms with van der Waals surface area (Å²) in [6.45, 7) is 7.36. The number of alkyl halides is 4. The maximum absolute atomic E-state index is 11.0. The lowest BCUT2D eigenvalue weighted by Crippen LogP contribution is -2.24. The Bertz CT molecular complexity index is 164. The van der Waals surface area contributed by atoms with Gasteiger partial charge in [0.15, 0.2) is 4.30 Å². The maximum Gasteiger partial charge on any atom is 0.312 e. The Morgan fingerprint density at radius 2 is 1.57 bits per heavy atom. The summed E-state index contributed by atoms with van der Waals surface area (Å²) in [6, 6.07) is 0. The van der Waals surface area contributed by atoms with E-state index in [1.54, 1.807) is 0 Å². The standard InChI is InChI=1S/C7H13IO2.CHCl3/c1-5(8)10-6(9)7(2,3)4;2-1(3)4/h5H,1-4H3;1H. The zero-order chi connectivity index (χ0) is 11.9. The van der Waals surface area contributed by atoms with E-state index in [1.807, 2.05) is 27.7 Å². The fraction of sp³-hybridized carbons (Fsp3) is 0.875. The molecule has 0 saturated carbocycles. The minimum Gasteiger partial charge on any atom is -0.452 e. The molecular formula is C8H14Cl3IO2. The van der Waals surface area contributed by atoms with E-state index in [0.29, 0.717) is 0 Å². The second-order valence-electron chi connectivity index (χ2n) is 3.45. The molecule has 0 rings (SSSR count). The summed E-state index contributed by atoms with van der Waals surface area (Å²) in [5, 5.41) is 0. The highest BCUT2D eigenvalue weighted by atomic mass is 127. The Balaban J connectivity index is 0. The molecule has 0 aliphatic heterocycles. The minimum atomic E-state index is -0.750. The van der Waals surface area contributed by atoms with Crippen LogP contribution >= 0.6 is 57.4 Å². The van der Waals surface area contributed by atoms with Crippen molar-refractivity contribution in [2.45, 2.75) is 36.1 Å². The van der Waals surface area contributed by atoms with Gasteiger partial charge in [-0.1, -0.05) is 34.8 Å². The first-order valence-electron chi connectivity index (χ1n) is 3.84. The molecule has 0 N–H and O–H groups in total. The zero-order valence-electron chi connectivity index (χ0n) is 8.48. The first kappa shape index (κ1) is 17.5. The van der Waals surface area contributed by atoms with E-state index in [-0.39, 0.29) is 15.5 Å². The molecule has 0 aromatic heterocycles. The number of esters is 1. The largest absolute Gasteiger partial charge is 0.452 e. The SMILES string of the molecule is CC(I)OC(=O)C(C)(C)C.ClC(Cl)Cl. The molecule has 86 valence electrons. The zero-order valence-corrected chi connectivity index (χ0v) is 12.9. The molecule has 1 unspecified atom stereocenters. The van der Waals surface area contributed by atoms with Crippen LogP contribution in [-0.2, 0) is 9.53 Å². The van der Waals surface area contributed by atoms with Crippen LogP contribution in [0.15, 0.2) is 0 Å². The summed E-state index contributed by atoms with van der Waals surface area (Å²) in [5.74, 6) is -0.144. The summed E-state index contributed by atoms with van der Waals surface area (Å²) in [7, 11) is 0. The topological polar surface area (TPSA) is 26.3 Å². The fourth-order valence-corrected chi connectivity index (χ4v) is 0.555. The van der Waals surface area contributed by atoms with Crippen molar-refractivity contribution in [1.82, 2.24) is 0 Å². The Hall–Kier alpha value is 1.07. The maximum atomic E-state index is 11.0. The summed E-state index contributed by atoms with van der Waals surface area (Å²) in [5.41, 5.74) is -0.376. The quantitative estimate of drug-likeness (QED) is 0.387. The number of carbonyl (C=O) groups excluding carboxylic acids is 1. The lowest BCUT2D eigenvalue weighted by molar-refractivity contribution is -0.153. The van der Waals surface area contributed by atoms with Crippen molar-refractivity contribution in [3.63, 3.8) is 0 Å². The normalized spacial score (nSPS) is 12.9. The number of hydrogen-bond donors (Lipinski definition) is 0. The molecule has 1 atom stereocenters. The van der Waals surface area contributed by atoms with Crippen LogP contribution in [0.4, 0.5) is 0 Å². The number of carbonyl (C=O) groups is 1. The van der Waals surface area contributed by atoms with Crippen molar-refractivity contribution >= 4 is 63.4 Å². The number of rotatable bonds is 1. The van der Waals surface area contributed by atoms with Crippen LogP contribution in [0.2, 0.25) is 0 Å². The van der Waals surface area contributed by atoms with Crippen molar-refractivity contribution < 1.29 is 9.53 Å². The third-order valence-corrected chi connectivity index (χ3v) is 1.14. The van der Waals surface area contributed by atoms with E-state index in [4.69, 9.17) is 39.5 Å². The molecular weight excluding hydrogens is 361 g/mol. The summed E-state index contributed by atoms with van der Waals surface area (Å²) in [6.07, 6.45) is 0. The predicted octanol–water partition coefficient (Wildman–Crippen LogP) is 4.34. The van der Waals surface area contributed by atoms with Crippen LogP contribution in [0, 0.1) is 5.41 Å². The molecule has 0 heterocycles. The van der Waals surface area contributed by atoms with Crippen molar-refractivity contribution in [3.8, 4) is 0 Å². The van der Waals surface area contributed by atoms with Crippen molar-refractivity contribution in [2.75, 3.05) is 0 Å². The lowest BCUT2D eigenvalue weighted by Gasteiger charge is -2.17. The molecule has 6 heteroatoms. The van der Waals surface area contributed by atoms with Gasteiger partial charge in [-0.25, -0.2) is 0 Å². The Kier molecular flexibility index (Phi) is 10.3. The Labute approximate surface area is 114 Å². The van der Waals surface area contributed by atoms with Crippen molar-refractivity contribution in [1.29, 1.82) is 0 Å². The molecule has 0 fully saturated rings.